The second-order valence-corrected chi connectivity index (χ2v) is 5.40. The summed E-state index contributed by atoms with van der Waals surface area (Å²) in [6.45, 7) is 1.35. The lowest BCUT2D eigenvalue weighted by Gasteiger charge is -2.13. The summed E-state index contributed by atoms with van der Waals surface area (Å²) >= 11 is 11.4. The van der Waals surface area contributed by atoms with Crippen LogP contribution in [0.25, 0.3) is 0 Å². The van der Waals surface area contributed by atoms with Gasteiger partial charge in [0.2, 0.25) is 0 Å². The van der Waals surface area contributed by atoms with Crippen LogP contribution in [0, 0.1) is 5.82 Å². The third-order valence-electron chi connectivity index (χ3n) is 2.78. The molecule has 1 heterocycles. The van der Waals surface area contributed by atoms with Gasteiger partial charge in [-0.25, -0.2) is 14.2 Å². The van der Waals surface area contributed by atoms with E-state index in [1.807, 2.05) is 0 Å². The quantitative estimate of drug-likeness (QED) is 0.847. The van der Waals surface area contributed by atoms with E-state index in [0.717, 1.165) is 12.1 Å². The van der Waals surface area contributed by atoms with E-state index in [1.165, 1.54) is 25.3 Å². The maximum atomic E-state index is 13.6. The number of halogens is 3. The number of carbonyl (C=O) groups excluding carboxylic acids is 2. The molecule has 8 heteroatoms. The number of hydrogen-bond donors (Lipinski definition) is 1. The average Bonchev–Trinajstić information content (AvgIpc) is 2.51. The number of carbonyl (C=O) groups is 2. The number of benzene rings is 1. The predicted molar refractivity (Wildman–Crippen MR) is 84.2 cm³/mol. The van der Waals surface area contributed by atoms with Crippen molar-refractivity contribution in [2.24, 2.45) is 0 Å². The molecule has 2 rings (SSSR count). The zero-order chi connectivity index (χ0) is 17.0. The molecule has 0 aliphatic carbocycles. The maximum Gasteiger partial charge on any atom is 0.341 e. The molecule has 0 fully saturated rings. The van der Waals surface area contributed by atoms with E-state index in [0.29, 0.717) is 5.02 Å². The predicted octanol–water partition coefficient (Wildman–Crippen LogP) is 3.71. The Balaban J connectivity index is 2.01. The topological polar surface area (TPSA) is 68.3 Å². The summed E-state index contributed by atoms with van der Waals surface area (Å²) in [5, 5.41) is 3.04. The zero-order valence-electron chi connectivity index (χ0n) is 11.8. The minimum Gasteiger partial charge on any atom is -0.449 e. The van der Waals surface area contributed by atoms with Crippen molar-refractivity contribution in [1.82, 2.24) is 4.98 Å². The molecule has 1 atom stereocenters. The standard InChI is InChI=1S/C15H11Cl2FN2O3/c1-8(14(21)20-13-5-3-10(17)7-19-13)23-15(22)11-6-9(16)2-4-12(11)18/h2-8H,1H3,(H,19,20,21). The first-order chi connectivity index (χ1) is 10.9. The number of anilines is 1. The normalized spacial score (nSPS) is 11.7. The van der Waals surface area contributed by atoms with Crippen LogP contribution >= 0.6 is 23.2 Å². The number of nitrogens with one attached hydrogen (secondary N) is 1. The van der Waals surface area contributed by atoms with Gasteiger partial charge in [-0.05, 0) is 37.3 Å². The number of hydrogen-bond acceptors (Lipinski definition) is 4. The molecule has 0 spiro atoms. The van der Waals surface area contributed by atoms with Gasteiger partial charge in [0.15, 0.2) is 6.10 Å². The van der Waals surface area contributed by atoms with E-state index >= 15 is 0 Å². The van der Waals surface area contributed by atoms with Crippen molar-refractivity contribution in [2.45, 2.75) is 13.0 Å². The molecule has 1 aromatic carbocycles. The number of amides is 1. The Bertz CT molecular complexity index is 738. The molecule has 1 unspecified atom stereocenters. The van der Waals surface area contributed by atoms with E-state index < -0.39 is 23.8 Å². The molecule has 120 valence electrons. The van der Waals surface area contributed by atoms with Gasteiger partial charge in [-0.2, -0.15) is 0 Å². The summed E-state index contributed by atoms with van der Waals surface area (Å²) in [6.07, 6.45) is 0.202. The highest BCUT2D eigenvalue weighted by Crippen LogP contribution is 2.17. The van der Waals surface area contributed by atoms with Crippen LogP contribution in [0.15, 0.2) is 36.5 Å². The summed E-state index contributed by atoms with van der Waals surface area (Å²) in [5.74, 6) is -2.14. The highest BCUT2D eigenvalue weighted by atomic mass is 35.5. The third kappa shape index (κ3) is 4.64. The van der Waals surface area contributed by atoms with Crippen molar-refractivity contribution >= 4 is 40.9 Å². The third-order valence-corrected chi connectivity index (χ3v) is 3.24. The lowest BCUT2D eigenvalue weighted by Crippen LogP contribution is -2.30. The molecule has 0 aliphatic heterocycles. The molecule has 0 saturated heterocycles. The van der Waals surface area contributed by atoms with Crippen LogP contribution in [0.2, 0.25) is 10.0 Å². The van der Waals surface area contributed by atoms with E-state index in [9.17, 15) is 14.0 Å². The van der Waals surface area contributed by atoms with Gasteiger partial charge in [0.1, 0.15) is 11.6 Å². The van der Waals surface area contributed by atoms with E-state index in [2.05, 4.69) is 10.3 Å². The minimum atomic E-state index is -1.15. The number of rotatable bonds is 4. The van der Waals surface area contributed by atoms with Gasteiger partial charge in [0, 0.05) is 11.2 Å². The van der Waals surface area contributed by atoms with Gasteiger partial charge in [-0.15, -0.1) is 0 Å². The molecule has 0 aliphatic rings. The molecule has 1 amide bonds. The summed E-state index contributed by atoms with van der Waals surface area (Å²) in [7, 11) is 0. The van der Waals surface area contributed by atoms with Crippen LogP contribution in [-0.2, 0) is 9.53 Å². The van der Waals surface area contributed by atoms with Crippen molar-refractivity contribution in [3.63, 3.8) is 0 Å². The number of ether oxygens (including phenoxy) is 1. The second kappa shape index (κ2) is 7.39. The van der Waals surface area contributed by atoms with Gasteiger partial charge < -0.3 is 10.1 Å². The van der Waals surface area contributed by atoms with Crippen molar-refractivity contribution in [3.8, 4) is 0 Å². The Kier molecular flexibility index (Phi) is 5.52. The molecule has 0 radical (unpaired) electrons. The van der Waals surface area contributed by atoms with Crippen LogP contribution < -0.4 is 5.32 Å². The molecule has 2 aromatic rings. The highest BCUT2D eigenvalue weighted by Gasteiger charge is 2.21. The summed E-state index contributed by atoms with van der Waals surface area (Å²) < 4.78 is 18.5. The van der Waals surface area contributed by atoms with Gasteiger partial charge in [0.25, 0.3) is 5.91 Å². The smallest absolute Gasteiger partial charge is 0.341 e. The lowest BCUT2D eigenvalue weighted by atomic mass is 10.2. The number of nitrogens with zero attached hydrogens (tertiary/aromatic N) is 1. The number of pyridine rings is 1. The first-order valence-electron chi connectivity index (χ1n) is 6.45. The van der Waals surface area contributed by atoms with Crippen LogP contribution in [0.1, 0.15) is 17.3 Å². The molecule has 5 nitrogen and oxygen atoms in total. The Morgan fingerprint density at radius 1 is 1.22 bits per heavy atom. The highest BCUT2D eigenvalue weighted by molar-refractivity contribution is 6.31. The Morgan fingerprint density at radius 2 is 1.91 bits per heavy atom. The van der Waals surface area contributed by atoms with Gasteiger partial charge >= 0.3 is 5.97 Å². The van der Waals surface area contributed by atoms with Crippen LogP contribution in [0.3, 0.4) is 0 Å². The summed E-state index contributed by atoms with van der Waals surface area (Å²) in [5.41, 5.74) is -0.346. The fourth-order valence-corrected chi connectivity index (χ4v) is 1.89. The zero-order valence-corrected chi connectivity index (χ0v) is 13.4. The summed E-state index contributed by atoms with van der Waals surface area (Å²) in [4.78, 5) is 27.7. The maximum absolute atomic E-state index is 13.6. The van der Waals surface area contributed by atoms with Gasteiger partial charge in [-0.1, -0.05) is 23.2 Å². The van der Waals surface area contributed by atoms with E-state index in [1.54, 1.807) is 6.07 Å². The van der Waals surface area contributed by atoms with Crippen molar-refractivity contribution in [3.05, 3.63) is 58.0 Å². The van der Waals surface area contributed by atoms with Crippen LogP contribution in [0.5, 0.6) is 0 Å². The molecule has 1 N–H and O–H groups in total. The van der Waals surface area contributed by atoms with Crippen molar-refractivity contribution in [1.29, 1.82) is 0 Å². The van der Waals surface area contributed by atoms with Gasteiger partial charge in [-0.3, -0.25) is 4.79 Å². The van der Waals surface area contributed by atoms with Crippen LogP contribution in [-0.4, -0.2) is 23.0 Å². The van der Waals surface area contributed by atoms with Crippen molar-refractivity contribution in [2.75, 3.05) is 5.32 Å². The first kappa shape index (κ1) is 17.2. The van der Waals surface area contributed by atoms with E-state index in [4.69, 9.17) is 27.9 Å². The molecular formula is C15H11Cl2FN2O3. The molecule has 1 aromatic heterocycles. The van der Waals surface area contributed by atoms with Crippen LogP contribution in [0.4, 0.5) is 10.2 Å². The summed E-state index contributed by atoms with van der Waals surface area (Å²) in [6, 6.07) is 6.51. The minimum absolute atomic E-state index is 0.181. The fraction of sp³-hybridized carbons (Fsp3) is 0.133. The molecule has 23 heavy (non-hydrogen) atoms. The fourth-order valence-electron chi connectivity index (χ4n) is 1.61. The number of esters is 1. The molecule has 0 saturated carbocycles. The largest absolute Gasteiger partial charge is 0.449 e. The lowest BCUT2D eigenvalue weighted by molar-refractivity contribution is -0.123. The first-order valence-corrected chi connectivity index (χ1v) is 7.21. The van der Waals surface area contributed by atoms with Gasteiger partial charge in [0.05, 0.1) is 10.6 Å². The molecule has 0 bridgehead atoms. The Morgan fingerprint density at radius 3 is 2.57 bits per heavy atom. The Labute approximate surface area is 141 Å². The molecular weight excluding hydrogens is 346 g/mol. The SMILES string of the molecule is CC(OC(=O)c1cc(Cl)ccc1F)C(=O)Nc1ccc(Cl)cn1. The Hall–Kier alpha value is -2.18. The monoisotopic (exact) mass is 356 g/mol. The van der Waals surface area contributed by atoms with E-state index in [-0.39, 0.29) is 16.4 Å². The van der Waals surface area contributed by atoms with Crippen molar-refractivity contribution < 1.29 is 18.7 Å². The average molecular weight is 357 g/mol. The number of aromatic nitrogens is 1. The second-order valence-electron chi connectivity index (χ2n) is 4.52.